The van der Waals surface area contributed by atoms with Crippen molar-refractivity contribution in [1.82, 2.24) is 4.40 Å². The molecule has 0 radical (unpaired) electrons. The van der Waals surface area contributed by atoms with Gasteiger partial charge in [0.25, 0.3) is 0 Å². The zero-order chi connectivity index (χ0) is 24.2. The van der Waals surface area contributed by atoms with Crippen molar-refractivity contribution >= 4 is 49.0 Å². The van der Waals surface area contributed by atoms with Crippen molar-refractivity contribution in [3.8, 4) is 0 Å². The number of rotatable bonds is 1. The highest BCUT2D eigenvalue weighted by Gasteiger charge is 2.30. The molecular formula is C33H35N2+. The SMILES string of the molecule is Cc1cc2c3cccc(C)c3n3c4cc(C5CCC(C)(C)CC5)cc5cc[n+](C)c(c(c1C)c23)c54. The number of fused-ring (bicyclic) bond motifs is 5. The minimum atomic E-state index is 0.483. The fraction of sp³-hybridized carbons (Fsp3) is 0.364. The fourth-order valence-corrected chi connectivity index (χ4v) is 7.11. The second-order valence-corrected chi connectivity index (χ2v) is 12.1. The molecular weight excluding hydrogens is 424 g/mol. The molecule has 176 valence electrons. The highest BCUT2D eigenvalue weighted by molar-refractivity contribution is 6.26. The molecule has 2 heteroatoms. The van der Waals surface area contributed by atoms with E-state index >= 15 is 0 Å². The molecule has 1 aliphatic rings. The number of hydrogen-bond acceptors (Lipinski definition) is 0. The summed E-state index contributed by atoms with van der Waals surface area (Å²) in [7, 11) is 2.22. The van der Waals surface area contributed by atoms with Gasteiger partial charge in [-0.2, -0.15) is 0 Å². The van der Waals surface area contributed by atoms with Crippen LogP contribution in [0.25, 0.3) is 49.0 Å². The van der Waals surface area contributed by atoms with Crippen LogP contribution in [0.4, 0.5) is 0 Å². The molecule has 0 atom stereocenters. The van der Waals surface area contributed by atoms with Crippen molar-refractivity contribution in [2.75, 3.05) is 0 Å². The van der Waals surface area contributed by atoms with E-state index in [2.05, 4.69) is 99.3 Å². The van der Waals surface area contributed by atoms with Gasteiger partial charge < -0.3 is 4.40 Å². The topological polar surface area (TPSA) is 8.29 Å². The third kappa shape index (κ3) is 2.80. The lowest BCUT2D eigenvalue weighted by Crippen LogP contribution is -2.29. The number of benzene rings is 3. The molecule has 35 heavy (non-hydrogen) atoms. The molecule has 1 fully saturated rings. The lowest BCUT2D eigenvalue weighted by atomic mass is 9.71. The van der Waals surface area contributed by atoms with Gasteiger partial charge in [0.2, 0.25) is 5.52 Å². The summed E-state index contributed by atoms with van der Waals surface area (Å²) in [4.78, 5) is 0. The summed E-state index contributed by atoms with van der Waals surface area (Å²) >= 11 is 0. The Hall–Kier alpha value is -3.13. The van der Waals surface area contributed by atoms with Gasteiger partial charge in [0.1, 0.15) is 7.05 Å². The summed E-state index contributed by atoms with van der Waals surface area (Å²) in [6.45, 7) is 11.7. The normalized spacial score (nSPS) is 17.1. The van der Waals surface area contributed by atoms with Crippen LogP contribution in [-0.4, -0.2) is 4.40 Å². The summed E-state index contributed by atoms with van der Waals surface area (Å²) in [5.74, 6) is 0.653. The van der Waals surface area contributed by atoms with Crippen LogP contribution in [0, 0.1) is 26.2 Å². The Labute approximate surface area is 207 Å². The van der Waals surface area contributed by atoms with Gasteiger partial charge >= 0.3 is 0 Å². The summed E-state index contributed by atoms with van der Waals surface area (Å²) in [6, 6.07) is 16.6. The molecule has 2 nitrogen and oxygen atoms in total. The van der Waals surface area contributed by atoms with E-state index < -0.39 is 0 Å². The van der Waals surface area contributed by atoms with Crippen molar-refractivity contribution in [3.05, 3.63) is 70.9 Å². The maximum absolute atomic E-state index is 2.62. The molecule has 3 aromatic heterocycles. The van der Waals surface area contributed by atoms with Crippen LogP contribution in [0.1, 0.15) is 67.7 Å². The lowest BCUT2D eigenvalue weighted by Gasteiger charge is -2.34. The van der Waals surface area contributed by atoms with Crippen LogP contribution in [-0.2, 0) is 7.05 Å². The maximum Gasteiger partial charge on any atom is 0.224 e. The summed E-state index contributed by atoms with van der Waals surface area (Å²) in [5, 5.41) is 6.94. The number of aromatic nitrogens is 2. The Balaban J connectivity index is 1.72. The Bertz CT molecular complexity index is 1800. The molecule has 0 amide bonds. The van der Waals surface area contributed by atoms with E-state index in [0.717, 1.165) is 0 Å². The summed E-state index contributed by atoms with van der Waals surface area (Å²) in [5.41, 5.74) is 11.6. The average molecular weight is 460 g/mol. The van der Waals surface area contributed by atoms with Gasteiger partial charge in [-0.3, -0.25) is 0 Å². The summed E-state index contributed by atoms with van der Waals surface area (Å²) < 4.78 is 4.97. The van der Waals surface area contributed by atoms with E-state index in [9.17, 15) is 0 Å². The second kappa shape index (κ2) is 6.97. The molecule has 0 bridgehead atoms. The zero-order valence-corrected chi connectivity index (χ0v) is 21.9. The van der Waals surface area contributed by atoms with Crippen molar-refractivity contribution in [2.24, 2.45) is 12.5 Å². The van der Waals surface area contributed by atoms with E-state index in [1.54, 1.807) is 0 Å². The Morgan fingerprint density at radius 3 is 2.40 bits per heavy atom. The molecule has 1 saturated carbocycles. The number of pyridine rings is 2. The van der Waals surface area contributed by atoms with Gasteiger partial charge in [0.05, 0.1) is 27.3 Å². The first kappa shape index (κ1) is 21.2. The minimum Gasteiger partial charge on any atom is -0.307 e. The van der Waals surface area contributed by atoms with Gasteiger partial charge in [-0.15, -0.1) is 0 Å². The van der Waals surface area contributed by atoms with Gasteiger partial charge in [0, 0.05) is 16.8 Å². The molecule has 0 aliphatic heterocycles. The van der Waals surface area contributed by atoms with Gasteiger partial charge in [0.15, 0.2) is 6.20 Å². The molecule has 0 unspecified atom stereocenters. The predicted octanol–water partition coefficient (Wildman–Crippen LogP) is 8.42. The van der Waals surface area contributed by atoms with Gasteiger partial charge in [-0.1, -0.05) is 38.1 Å². The third-order valence-electron chi connectivity index (χ3n) is 9.32. The molecule has 6 aromatic rings. The number of para-hydroxylation sites is 1. The molecule has 0 saturated heterocycles. The van der Waals surface area contributed by atoms with E-state index in [1.165, 1.54) is 96.9 Å². The average Bonchev–Trinajstić information content (AvgIpc) is 3.16. The molecule has 3 aromatic carbocycles. The monoisotopic (exact) mass is 459 g/mol. The van der Waals surface area contributed by atoms with Crippen LogP contribution in [0.5, 0.6) is 0 Å². The quantitative estimate of drug-likeness (QED) is 0.132. The lowest BCUT2D eigenvalue weighted by molar-refractivity contribution is -0.643. The molecule has 1 aliphatic carbocycles. The zero-order valence-electron chi connectivity index (χ0n) is 21.9. The van der Waals surface area contributed by atoms with E-state index in [0.29, 0.717) is 11.3 Å². The minimum absolute atomic E-state index is 0.483. The highest BCUT2D eigenvalue weighted by Crippen LogP contribution is 2.46. The first-order valence-corrected chi connectivity index (χ1v) is 13.3. The van der Waals surface area contributed by atoms with Gasteiger partial charge in [-0.05, 0) is 97.6 Å². The van der Waals surface area contributed by atoms with Crippen molar-refractivity contribution < 1.29 is 4.57 Å². The first-order chi connectivity index (χ1) is 16.7. The number of aryl methyl sites for hydroxylation is 4. The van der Waals surface area contributed by atoms with Crippen LogP contribution in [0.3, 0.4) is 0 Å². The second-order valence-electron chi connectivity index (χ2n) is 12.1. The van der Waals surface area contributed by atoms with Crippen LogP contribution in [0.15, 0.2) is 48.7 Å². The van der Waals surface area contributed by atoms with Crippen molar-refractivity contribution in [3.63, 3.8) is 0 Å². The largest absolute Gasteiger partial charge is 0.307 e. The summed E-state index contributed by atoms with van der Waals surface area (Å²) in [6.07, 6.45) is 7.49. The Morgan fingerprint density at radius 2 is 1.63 bits per heavy atom. The number of nitrogens with zero attached hydrogens (tertiary/aromatic N) is 2. The molecule has 0 spiro atoms. The van der Waals surface area contributed by atoms with Crippen LogP contribution in [0.2, 0.25) is 0 Å². The Morgan fingerprint density at radius 1 is 0.857 bits per heavy atom. The Kier molecular flexibility index (Phi) is 4.22. The number of hydrogen-bond donors (Lipinski definition) is 0. The fourth-order valence-electron chi connectivity index (χ4n) is 7.11. The van der Waals surface area contributed by atoms with Crippen LogP contribution < -0.4 is 4.57 Å². The van der Waals surface area contributed by atoms with Crippen molar-refractivity contribution in [1.29, 1.82) is 0 Å². The first-order valence-electron chi connectivity index (χ1n) is 13.3. The molecule has 7 rings (SSSR count). The van der Waals surface area contributed by atoms with Gasteiger partial charge in [-0.25, -0.2) is 4.57 Å². The van der Waals surface area contributed by atoms with E-state index in [1.807, 2.05) is 0 Å². The van der Waals surface area contributed by atoms with Crippen LogP contribution >= 0.6 is 0 Å². The predicted molar refractivity (Wildman–Crippen MR) is 149 cm³/mol. The molecule has 0 N–H and O–H groups in total. The van der Waals surface area contributed by atoms with E-state index in [4.69, 9.17) is 0 Å². The van der Waals surface area contributed by atoms with E-state index in [-0.39, 0.29) is 0 Å². The van der Waals surface area contributed by atoms with Crippen molar-refractivity contribution in [2.45, 2.75) is 66.2 Å². The highest BCUT2D eigenvalue weighted by atomic mass is 15.0. The molecule has 3 heterocycles. The smallest absolute Gasteiger partial charge is 0.224 e. The maximum atomic E-state index is 2.62. The standard InChI is InChI=1S/C33H35N2/c1-19-8-7-9-25-26-16-20(2)21(3)28-31(26)35(30(19)25)27-18-24(22-10-13-33(4,5)14-11-22)17-23-12-15-34(6)32(28)29(23)27/h7-9,12,15-18,22H,10-11,13-14H2,1-6H3/q+1. The third-order valence-corrected chi connectivity index (χ3v) is 9.32.